The molecule has 0 heterocycles. The topological polar surface area (TPSA) is 49.8 Å². The van der Waals surface area contributed by atoms with Crippen LogP contribution in [0.3, 0.4) is 0 Å². The van der Waals surface area contributed by atoms with Gasteiger partial charge in [0.25, 0.3) is 0 Å². The summed E-state index contributed by atoms with van der Waals surface area (Å²) >= 11 is 0. The highest BCUT2D eigenvalue weighted by molar-refractivity contribution is 5.77. The van der Waals surface area contributed by atoms with Gasteiger partial charge in [-0.15, -0.1) is 0 Å². The lowest BCUT2D eigenvalue weighted by atomic mass is 10.4. The summed E-state index contributed by atoms with van der Waals surface area (Å²) in [5.74, 6) is 0.116. The molecule has 4 nitrogen and oxygen atoms in total. The Labute approximate surface area is 79.5 Å². The number of carbonyl (C=O) groups is 1. The molecule has 0 aliphatic carbocycles. The Hall–Kier alpha value is -0.450. The molecule has 0 atom stereocenters. The summed E-state index contributed by atoms with van der Waals surface area (Å²) in [6.45, 7) is 6.50. The van der Waals surface area contributed by atoms with Gasteiger partial charge in [-0.1, -0.05) is 0 Å². The smallest absolute Gasteiger partial charge is 0.143 e. The molecule has 13 heavy (non-hydrogen) atoms. The van der Waals surface area contributed by atoms with Crippen molar-refractivity contribution in [3.05, 3.63) is 0 Å². The summed E-state index contributed by atoms with van der Waals surface area (Å²) in [5.41, 5.74) is 0. The molecule has 0 aromatic rings. The number of aliphatic hydroxyl groups excluding tert-OH is 1. The highest BCUT2D eigenvalue weighted by Crippen LogP contribution is 1.89. The molecule has 0 saturated carbocycles. The molecule has 78 valence electrons. The summed E-state index contributed by atoms with van der Waals surface area (Å²) in [5, 5.41) is 8.71. The molecule has 0 fully saturated rings. The molecule has 0 rings (SSSR count). The lowest BCUT2D eigenvalue weighted by molar-refractivity contribution is -0.118. The van der Waals surface area contributed by atoms with E-state index in [0.717, 1.165) is 0 Å². The summed E-state index contributed by atoms with van der Waals surface area (Å²) < 4.78 is 5.16. The second-order valence-electron chi connectivity index (χ2n) is 2.90. The zero-order valence-corrected chi connectivity index (χ0v) is 8.45. The minimum atomic E-state index is 0.0827. The number of aliphatic hydroxyl groups is 1. The van der Waals surface area contributed by atoms with Crippen molar-refractivity contribution in [2.24, 2.45) is 0 Å². The summed E-state index contributed by atoms with van der Waals surface area (Å²) in [7, 11) is 0. The fourth-order valence-electron chi connectivity index (χ4n) is 1.06. The van der Waals surface area contributed by atoms with E-state index in [1.807, 2.05) is 11.8 Å². The van der Waals surface area contributed by atoms with Crippen molar-refractivity contribution < 1.29 is 14.6 Å². The second kappa shape index (κ2) is 8.16. The molecule has 4 heteroatoms. The third-order valence-corrected chi connectivity index (χ3v) is 1.62. The number of carbonyl (C=O) groups excluding carboxylic acids is 1. The number of ketones is 1. The van der Waals surface area contributed by atoms with E-state index in [0.29, 0.717) is 32.8 Å². The van der Waals surface area contributed by atoms with Crippen molar-refractivity contribution in [1.82, 2.24) is 4.90 Å². The Morgan fingerprint density at radius 2 is 2.15 bits per heavy atom. The summed E-state index contributed by atoms with van der Waals surface area (Å²) in [6.07, 6.45) is 0. The first kappa shape index (κ1) is 12.6. The molecule has 0 unspecified atom stereocenters. The first-order valence-corrected chi connectivity index (χ1v) is 4.61. The molecule has 0 aromatic heterocycles. The number of rotatable bonds is 8. The Kier molecular flexibility index (Phi) is 7.88. The Morgan fingerprint density at radius 3 is 2.62 bits per heavy atom. The van der Waals surface area contributed by atoms with Crippen molar-refractivity contribution >= 4 is 5.78 Å². The van der Waals surface area contributed by atoms with Crippen LogP contribution in [0.25, 0.3) is 0 Å². The van der Waals surface area contributed by atoms with Gasteiger partial charge in [0.2, 0.25) is 0 Å². The fourth-order valence-corrected chi connectivity index (χ4v) is 1.06. The standard InChI is InChI=1S/C9H19NO3/c1-3-13-7-5-10(4-6-11)8-9(2)12/h11H,3-8H2,1-2H3. The molecule has 0 aliphatic heterocycles. The molecule has 0 aliphatic rings. The quantitative estimate of drug-likeness (QED) is 0.542. The van der Waals surface area contributed by atoms with Crippen molar-refractivity contribution in [3.63, 3.8) is 0 Å². The maximum absolute atomic E-state index is 10.8. The number of hydrogen-bond acceptors (Lipinski definition) is 4. The van der Waals surface area contributed by atoms with Crippen LogP contribution in [-0.2, 0) is 9.53 Å². The van der Waals surface area contributed by atoms with Gasteiger partial charge in [-0.3, -0.25) is 9.69 Å². The van der Waals surface area contributed by atoms with Crippen LogP contribution >= 0.6 is 0 Å². The number of ether oxygens (including phenoxy) is 1. The van der Waals surface area contributed by atoms with Crippen LogP contribution < -0.4 is 0 Å². The van der Waals surface area contributed by atoms with E-state index in [-0.39, 0.29) is 12.4 Å². The van der Waals surface area contributed by atoms with Gasteiger partial charge in [-0.05, 0) is 13.8 Å². The van der Waals surface area contributed by atoms with Gasteiger partial charge >= 0.3 is 0 Å². The maximum Gasteiger partial charge on any atom is 0.143 e. The minimum Gasteiger partial charge on any atom is -0.395 e. The van der Waals surface area contributed by atoms with Gasteiger partial charge < -0.3 is 9.84 Å². The van der Waals surface area contributed by atoms with Crippen LogP contribution in [0.5, 0.6) is 0 Å². The van der Waals surface area contributed by atoms with Crippen LogP contribution in [0, 0.1) is 0 Å². The van der Waals surface area contributed by atoms with Gasteiger partial charge in [0.05, 0.1) is 19.8 Å². The molecule has 0 spiro atoms. The normalized spacial score (nSPS) is 10.8. The van der Waals surface area contributed by atoms with E-state index >= 15 is 0 Å². The number of hydrogen-bond donors (Lipinski definition) is 1. The van der Waals surface area contributed by atoms with Gasteiger partial charge in [-0.2, -0.15) is 0 Å². The third kappa shape index (κ3) is 7.90. The van der Waals surface area contributed by atoms with Crippen LogP contribution in [0.1, 0.15) is 13.8 Å². The predicted octanol–water partition coefficient (Wildman–Crippen LogP) is -0.0938. The van der Waals surface area contributed by atoms with E-state index in [2.05, 4.69) is 0 Å². The van der Waals surface area contributed by atoms with Crippen molar-refractivity contribution in [1.29, 1.82) is 0 Å². The number of nitrogens with zero attached hydrogens (tertiary/aromatic N) is 1. The average Bonchev–Trinajstić information content (AvgIpc) is 2.04. The van der Waals surface area contributed by atoms with Crippen LogP contribution in [0.2, 0.25) is 0 Å². The zero-order chi connectivity index (χ0) is 10.1. The molecular weight excluding hydrogens is 170 g/mol. The monoisotopic (exact) mass is 189 g/mol. The van der Waals surface area contributed by atoms with Crippen LogP contribution in [0.15, 0.2) is 0 Å². The third-order valence-electron chi connectivity index (χ3n) is 1.62. The molecule has 0 bridgehead atoms. The van der Waals surface area contributed by atoms with E-state index in [1.165, 1.54) is 0 Å². The molecule has 1 N–H and O–H groups in total. The average molecular weight is 189 g/mol. The molecule has 0 amide bonds. The Morgan fingerprint density at radius 1 is 1.46 bits per heavy atom. The van der Waals surface area contributed by atoms with Gasteiger partial charge in [0.15, 0.2) is 0 Å². The van der Waals surface area contributed by atoms with Crippen LogP contribution in [-0.4, -0.2) is 55.2 Å². The lowest BCUT2D eigenvalue weighted by Gasteiger charge is -2.19. The highest BCUT2D eigenvalue weighted by atomic mass is 16.5. The van der Waals surface area contributed by atoms with E-state index in [1.54, 1.807) is 6.92 Å². The van der Waals surface area contributed by atoms with Gasteiger partial charge in [0.1, 0.15) is 5.78 Å². The number of Topliss-reactive ketones (excluding diaryl/α,β-unsaturated/α-hetero) is 1. The van der Waals surface area contributed by atoms with Crippen molar-refractivity contribution in [2.75, 3.05) is 39.5 Å². The fraction of sp³-hybridized carbons (Fsp3) is 0.889. The minimum absolute atomic E-state index is 0.0827. The van der Waals surface area contributed by atoms with E-state index < -0.39 is 0 Å². The molecule has 0 aromatic carbocycles. The van der Waals surface area contributed by atoms with Crippen molar-refractivity contribution in [2.45, 2.75) is 13.8 Å². The summed E-state index contributed by atoms with van der Waals surface area (Å²) in [6, 6.07) is 0. The second-order valence-corrected chi connectivity index (χ2v) is 2.90. The Balaban J connectivity index is 3.59. The zero-order valence-electron chi connectivity index (χ0n) is 8.45. The maximum atomic E-state index is 10.8. The Bertz CT molecular complexity index is 139. The van der Waals surface area contributed by atoms with E-state index in [4.69, 9.17) is 9.84 Å². The van der Waals surface area contributed by atoms with Gasteiger partial charge in [-0.25, -0.2) is 0 Å². The molecular formula is C9H19NO3. The first-order chi connectivity index (χ1) is 6.20. The predicted molar refractivity (Wildman–Crippen MR) is 50.7 cm³/mol. The van der Waals surface area contributed by atoms with Gasteiger partial charge in [0, 0.05) is 19.7 Å². The first-order valence-electron chi connectivity index (χ1n) is 4.61. The lowest BCUT2D eigenvalue weighted by Crippen LogP contribution is -2.34. The molecule has 0 saturated heterocycles. The highest BCUT2D eigenvalue weighted by Gasteiger charge is 2.05. The molecule has 0 radical (unpaired) electrons. The summed E-state index contributed by atoms with van der Waals surface area (Å²) in [4.78, 5) is 12.7. The van der Waals surface area contributed by atoms with E-state index in [9.17, 15) is 4.79 Å². The van der Waals surface area contributed by atoms with Crippen molar-refractivity contribution in [3.8, 4) is 0 Å². The largest absolute Gasteiger partial charge is 0.395 e. The van der Waals surface area contributed by atoms with Crippen LogP contribution in [0.4, 0.5) is 0 Å². The SMILES string of the molecule is CCOCCN(CCO)CC(C)=O.